The molecule has 29 heavy (non-hydrogen) atoms. The number of nitrogens with zero attached hydrogens (tertiary/aromatic N) is 1. The van der Waals surface area contributed by atoms with E-state index in [4.69, 9.17) is 11.6 Å². The highest BCUT2D eigenvalue weighted by Gasteiger charge is 2.39. The lowest BCUT2D eigenvalue weighted by atomic mass is 10.1. The quantitative estimate of drug-likeness (QED) is 0.575. The maximum absolute atomic E-state index is 13.6. The van der Waals surface area contributed by atoms with Crippen molar-refractivity contribution in [3.05, 3.63) is 92.8 Å². The number of hydrogen-bond acceptors (Lipinski definition) is 4. The van der Waals surface area contributed by atoms with Gasteiger partial charge in [-0.1, -0.05) is 29.8 Å². The summed E-state index contributed by atoms with van der Waals surface area (Å²) in [4.78, 5) is 27.8. The molecule has 1 aromatic heterocycles. The molecule has 0 fully saturated rings. The Bertz CT molecular complexity index is 1130. The minimum absolute atomic E-state index is 0.0254. The van der Waals surface area contributed by atoms with Gasteiger partial charge in [-0.15, -0.1) is 11.3 Å². The van der Waals surface area contributed by atoms with Gasteiger partial charge < -0.3 is 5.32 Å². The van der Waals surface area contributed by atoms with Gasteiger partial charge >= 0.3 is 0 Å². The fraction of sp³-hybridized carbons (Fsp3) is 0.0476. The molecular formula is C21H13ClF2N2O2S. The molecule has 0 saturated heterocycles. The molecule has 2 aromatic carbocycles. The Hall–Kier alpha value is -3.03. The lowest BCUT2D eigenvalue weighted by Crippen LogP contribution is -2.31. The molecule has 0 spiro atoms. The lowest BCUT2D eigenvalue weighted by Gasteiger charge is -2.15. The van der Waals surface area contributed by atoms with E-state index in [9.17, 15) is 18.4 Å². The number of thiophene rings is 1. The molecule has 0 aliphatic carbocycles. The van der Waals surface area contributed by atoms with Gasteiger partial charge in [0.1, 0.15) is 5.70 Å². The summed E-state index contributed by atoms with van der Waals surface area (Å²) in [5.41, 5.74) is 1.12. The van der Waals surface area contributed by atoms with Crippen LogP contribution in [0.4, 0.5) is 14.5 Å². The average molecular weight is 431 g/mol. The first-order valence-electron chi connectivity index (χ1n) is 8.55. The van der Waals surface area contributed by atoms with E-state index in [1.54, 1.807) is 41.8 Å². The third-order valence-corrected chi connectivity index (χ3v) is 5.52. The Morgan fingerprint density at radius 3 is 2.38 bits per heavy atom. The average Bonchev–Trinajstić information content (AvgIpc) is 3.30. The maximum Gasteiger partial charge on any atom is 0.278 e. The summed E-state index contributed by atoms with van der Waals surface area (Å²) >= 11 is 7.20. The first-order valence-corrected chi connectivity index (χ1v) is 9.80. The van der Waals surface area contributed by atoms with Gasteiger partial charge in [0.25, 0.3) is 11.8 Å². The lowest BCUT2D eigenvalue weighted by molar-refractivity contribution is -0.137. The smallest absolute Gasteiger partial charge is 0.278 e. The van der Waals surface area contributed by atoms with E-state index >= 15 is 0 Å². The molecule has 4 nitrogen and oxygen atoms in total. The molecule has 0 unspecified atom stereocenters. The van der Waals surface area contributed by atoms with Gasteiger partial charge in [0.15, 0.2) is 11.6 Å². The number of anilines is 1. The van der Waals surface area contributed by atoms with E-state index in [1.165, 1.54) is 17.4 Å². The number of benzene rings is 2. The van der Waals surface area contributed by atoms with Crippen LogP contribution in [-0.4, -0.2) is 16.7 Å². The van der Waals surface area contributed by atoms with E-state index in [-0.39, 0.29) is 23.5 Å². The molecule has 0 saturated carbocycles. The summed E-state index contributed by atoms with van der Waals surface area (Å²) in [5, 5.41) is 5.13. The molecule has 0 radical (unpaired) electrons. The zero-order valence-electron chi connectivity index (χ0n) is 14.8. The van der Waals surface area contributed by atoms with E-state index in [1.807, 2.05) is 0 Å². The molecule has 0 bridgehead atoms. The first kappa shape index (κ1) is 19.3. The minimum Gasteiger partial charge on any atom is -0.350 e. The summed E-state index contributed by atoms with van der Waals surface area (Å²) in [6.45, 7) is 0.0622. The second-order valence-corrected chi connectivity index (χ2v) is 7.69. The van der Waals surface area contributed by atoms with Crippen molar-refractivity contribution in [2.75, 3.05) is 5.32 Å². The molecule has 8 heteroatoms. The Balaban J connectivity index is 1.70. The summed E-state index contributed by atoms with van der Waals surface area (Å²) in [6.07, 6.45) is 0. The fourth-order valence-electron chi connectivity index (χ4n) is 2.98. The molecule has 1 aliphatic rings. The fourth-order valence-corrected chi connectivity index (χ4v) is 3.87. The summed E-state index contributed by atoms with van der Waals surface area (Å²) in [7, 11) is 0. The standard InChI is InChI=1S/C21H13ClF2N2O2S/c22-13-5-3-12(4-6-13)11-26-20(27)18(17-2-1-9-29-17)19(21(26)28)25-14-7-8-15(23)16(24)10-14/h1-10,25H,11H2. The Morgan fingerprint density at radius 1 is 0.966 bits per heavy atom. The Kier molecular flexibility index (Phi) is 5.17. The molecule has 1 N–H and O–H groups in total. The van der Waals surface area contributed by atoms with Crippen molar-refractivity contribution < 1.29 is 18.4 Å². The van der Waals surface area contributed by atoms with Gasteiger partial charge in [-0.3, -0.25) is 14.5 Å². The number of rotatable bonds is 5. The summed E-state index contributed by atoms with van der Waals surface area (Å²) in [6, 6.07) is 13.5. The van der Waals surface area contributed by atoms with Gasteiger partial charge in [0.05, 0.1) is 12.1 Å². The predicted octanol–water partition coefficient (Wildman–Crippen LogP) is 5.07. The zero-order chi connectivity index (χ0) is 20.5. The second kappa shape index (κ2) is 7.77. The number of halogens is 3. The van der Waals surface area contributed by atoms with Crippen LogP contribution in [0.15, 0.2) is 65.7 Å². The molecular weight excluding hydrogens is 418 g/mol. The SMILES string of the molecule is O=C1C(Nc2ccc(F)c(F)c2)=C(c2cccs2)C(=O)N1Cc1ccc(Cl)cc1. The highest BCUT2D eigenvalue weighted by molar-refractivity contribution is 7.11. The maximum atomic E-state index is 13.6. The van der Waals surface area contributed by atoms with Crippen LogP contribution in [0, 0.1) is 11.6 Å². The van der Waals surface area contributed by atoms with E-state index in [0.717, 1.165) is 22.6 Å². The van der Waals surface area contributed by atoms with E-state index < -0.39 is 23.4 Å². The number of amides is 2. The van der Waals surface area contributed by atoms with Crippen molar-refractivity contribution in [2.24, 2.45) is 0 Å². The Labute approximate surface area is 174 Å². The van der Waals surface area contributed by atoms with Gasteiger partial charge in [0, 0.05) is 21.7 Å². The van der Waals surface area contributed by atoms with Crippen molar-refractivity contribution in [2.45, 2.75) is 6.54 Å². The number of carbonyl (C=O) groups is 2. The van der Waals surface area contributed by atoms with Crippen molar-refractivity contribution in [1.82, 2.24) is 4.90 Å². The van der Waals surface area contributed by atoms with Crippen LogP contribution in [0.3, 0.4) is 0 Å². The van der Waals surface area contributed by atoms with Crippen LogP contribution in [0.1, 0.15) is 10.4 Å². The van der Waals surface area contributed by atoms with Gasteiger partial charge in [-0.05, 0) is 41.3 Å². The van der Waals surface area contributed by atoms with Crippen LogP contribution < -0.4 is 5.32 Å². The summed E-state index contributed by atoms with van der Waals surface area (Å²) in [5.74, 6) is -3.06. The number of nitrogens with one attached hydrogen (secondary N) is 1. The van der Waals surface area contributed by atoms with Crippen molar-refractivity contribution in [3.63, 3.8) is 0 Å². The highest BCUT2D eigenvalue weighted by atomic mass is 35.5. The Morgan fingerprint density at radius 2 is 1.72 bits per heavy atom. The third kappa shape index (κ3) is 3.79. The number of imide groups is 1. The monoisotopic (exact) mass is 430 g/mol. The second-order valence-electron chi connectivity index (χ2n) is 6.30. The van der Waals surface area contributed by atoms with Crippen molar-refractivity contribution in [3.8, 4) is 0 Å². The first-order chi connectivity index (χ1) is 13.9. The molecule has 146 valence electrons. The zero-order valence-corrected chi connectivity index (χ0v) is 16.4. The normalized spacial score (nSPS) is 14.1. The van der Waals surface area contributed by atoms with Crippen LogP contribution in [0.25, 0.3) is 5.57 Å². The van der Waals surface area contributed by atoms with Crippen LogP contribution >= 0.6 is 22.9 Å². The minimum atomic E-state index is -1.05. The van der Waals surface area contributed by atoms with Crippen LogP contribution in [-0.2, 0) is 16.1 Å². The van der Waals surface area contributed by atoms with Crippen molar-refractivity contribution >= 4 is 46.0 Å². The highest BCUT2D eigenvalue weighted by Crippen LogP contribution is 2.34. The molecule has 2 amide bonds. The number of hydrogen-bond donors (Lipinski definition) is 1. The van der Waals surface area contributed by atoms with Gasteiger partial charge in [-0.25, -0.2) is 8.78 Å². The summed E-state index contributed by atoms with van der Waals surface area (Å²) < 4.78 is 26.8. The van der Waals surface area contributed by atoms with Gasteiger partial charge in [-0.2, -0.15) is 0 Å². The van der Waals surface area contributed by atoms with Gasteiger partial charge in [0.2, 0.25) is 0 Å². The van der Waals surface area contributed by atoms with Crippen molar-refractivity contribution in [1.29, 1.82) is 0 Å². The van der Waals surface area contributed by atoms with Crippen LogP contribution in [0.5, 0.6) is 0 Å². The third-order valence-electron chi connectivity index (χ3n) is 4.38. The van der Waals surface area contributed by atoms with Crippen LogP contribution in [0.2, 0.25) is 5.02 Å². The van der Waals surface area contributed by atoms with E-state index in [2.05, 4.69) is 5.32 Å². The number of carbonyl (C=O) groups excluding carboxylic acids is 2. The molecule has 0 atom stereocenters. The molecule has 1 aliphatic heterocycles. The predicted molar refractivity (Wildman–Crippen MR) is 108 cm³/mol. The topological polar surface area (TPSA) is 49.4 Å². The largest absolute Gasteiger partial charge is 0.350 e. The molecule has 2 heterocycles. The molecule has 3 aromatic rings. The molecule has 4 rings (SSSR count). The van der Waals surface area contributed by atoms with E-state index in [0.29, 0.717) is 9.90 Å².